The standard InChI is InChI=1S/C34H48FN7O5.C32H44FN7O6.C2H6/c1-6-42-27(13-14-36-42)32(44)39-31(29(22-7-8-22)23-9-10-23)33(45)37-26-12-11-24(17-25(26)35)21(3)30(38-28(43)19-47-5)34(46)41-16-15-40(4)20(2)18-41;1-5-23-28(38-46-37-23)30(42)36-29(26(19-6-7-19)20-8-9-20)31(43)34-24-11-10-21(16-22(24)33)18(2)27(35-25(41)17-45-4)32(44)40-14-12-39(3)13-15-40;1-2/h11-14,17,20-23,29-31H,6-10,15-16,18-19H2,1-5H3,(H,37,45)(H,38,43)(H,39,44);10-11,16,18-20,26-27,29H,5-9,12-15,17H2,1-4H3,(H,34,43)(H,35,41)(H,36,42);1-2H3. The van der Waals surface area contributed by atoms with Crippen LogP contribution in [0.3, 0.4) is 0 Å². The summed E-state index contributed by atoms with van der Waals surface area (Å²) in [5, 5.41) is 28.5. The quantitative estimate of drug-likeness (QED) is 0.0404. The van der Waals surface area contributed by atoms with E-state index in [-0.39, 0.29) is 65.9 Å². The summed E-state index contributed by atoms with van der Waals surface area (Å²) >= 11 is 0. The lowest BCUT2D eigenvalue weighted by Gasteiger charge is -2.40. The maximum Gasteiger partial charge on any atom is 0.276 e. The number of nitrogens with zero attached hydrogens (tertiary/aromatic N) is 8. The molecule has 520 valence electrons. The maximum atomic E-state index is 15.7. The van der Waals surface area contributed by atoms with E-state index in [1.807, 2.05) is 48.7 Å². The van der Waals surface area contributed by atoms with Gasteiger partial charge in [-0.3, -0.25) is 43.0 Å². The fraction of sp³-hybridized carbons (Fsp3) is 0.632. The van der Waals surface area contributed by atoms with Crippen molar-refractivity contribution in [1.29, 1.82) is 0 Å². The van der Waals surface area contributed by atoms with Gasteiger partial charge in [0.2, 0.25) is 35.4 Å². The molecule has 6 fully saturated rings. The molecule has 8 amide bonds. The van der Waals surface area contributed by atoms with Crippen LogP contribution in [0.1, 0.15) is 149 Å². The first kappa shape index (κ1) is 73.1. The fourth-order valence-electron chi connectivity index (χ4n) is 13.1. The predicted molar refractivity (Wildman–Crippen MR) is 351 cm³/mol. The SMILES string of the molecule is CC.CCc1nonc1C(=O)NC(C(=O)Nc1ccc(C(C)C(NC(=O)COC)C(=O)N2CCN(C)CC2)cc1F)C(C1CC1)C1CC1.CCn1nccc1C(=O)NC(C(=O)Nc1ccc(C(C)C(NC(=O)COC)C(=O)N2CCN(C)C(C)C2)cc1F)C(C1CC1)C1CC1. The first-order valence-corrected chi connectivity index (χ1v) is 33.8. The van der Waals surface area contributed by atoms with Gasteiger partial charge in [0.05, 0.1) is 11.4 Å². The highest BCUT2D eigenvalue weighted by atomic mass is 19.1. The molecule has 27 heteroatoms. The van der Waals surface area contributed by atoms with Crippen molar-refractivity contribution >= 4 is 58.6 Å². The van der Waals surface area contributed by atoms with E-state index < -0.39 is 77.2 Å². The highest BCUT2D eigenvalue weighted by Crippen LogP contribution is 2.52. The van der Waals surface area contributed by atoms with Gasteiger partial charge in [-0.2, -0.15) is 5.10 Å². The molecule has 4 aliphatic carbocycles. The highest BCUT2D eigenvalue weighted by molar-refractivity contribution is 6.02. The summed E-state index contributed by atoms with van der Waals surface area (Å²) in [7, 11) is 6.78. The molecule has 0 bridgehead atoms. The number of carbonyl (C=O) groups is 8. The molecule has 6 N–H and O–H groups in total. The molecule has 4 saturated carbocycles. The largest absolute Gasteiger partial charge is 0.375 e. The molecule has 10 rings (SSSR count). The van der Waals surface area contributed by atoms with Gasteiger partial charge in [0.15, 0.2) is 5.69 Å². The number of hydrogen-bond acceptors (Lipinski definition) is 16. The third-order valence-electron chi connectivity index (χ3n) is 19.3. The van der Waals surface area contributed by atoms with Gasteiger partial charge in [-0.05, 0) is 168 Å². The second-order valence-electron chi connectivity index (χ2n) is 26.1. The van der Waals surface area contributed by atoms with E-state index in [0.717, 1.165) is 51.4 Å². The zero-order valence-electron chi connectivity index (χ0n) is 56.9. The van der Waals surface area contributed by atoms with Crippen LogP contribution in [0, 0.1) is 47.1 Å². The van der Waals surface area contributed by atoms with Crippen LogP contribution < -0.4 is 31.9 Å². The van der Waals surface area contributed by atoms with Crippen molar-refractivity contribution in [1.82, 2.24) is 61.0 Å². The molecule has 7 unspecified atom stereocenters. The zero-order valence-corrected chi connectivity index (χ0v) is 56.9. The number of methoxy groups -OCH3 is 2. The number of piperazine rings is 2. The lowest BCUT2D eigenvalue weighted by molar-refractivity contribution is -0.140. The normalized spacial score (nSPS) is 19.3. The lowest BCUT2D eigenvalue weighted by atomic mass is 9.88. The summed E-state index contributed by atoms with van der Waals surface area (Å²) in [6.07, 6.45) is 9.90. The van der Waals surface area contributed by atoms with Gasteiger partial charge >= 0.3 is 0 Å². The van der Waals surface area contributed by atoms with Gasteiger partial charge in [-0.25, -0.2) is 13.4 Å². The Morgan fingerprint density at radius 1 is 0.600 bits per heavy atom. The van der Waals surface area contributed by atoms with E-state index >= 15 is 8.78 Å². The van der Waals surface area contributed by atoms with E-state index in [4.69, 9.17) is 14.1 Å². The number of hydrogen-bond donors (Lipinski definition) is 6. The van der Waals surface area contributed by atoms with Crippen LogP contribution in [0.15, 0.2) is 53.3 Å². The molecule has 2 aliphatic heterocycles. The minimum Gasteiger partial charge on any atom is -0.375 e. The Morgan fingerprint density at radius 3 is 1.47 bits per heavy atom. The summed E-state index contributed by atoms with van der Waals surface area (Å²) < 4.78 is 47.7. The summed E-state index contributed by atoms with van der Waals surface area (Å²) in [4.78, 5) is 114. The third-order valence-corrected chi connectivity index (χ3v) is 19.3. The predicted octanol–water partition coefficient (Wildman–Crippen LogP) is 5.59. The second-order valence-corrected chi connectivity index (χ2v) is 26.1. The monoisotopic (exact) mass is 1320 g/mol. The Bertz CT molecular complexity index is 3280. The van der Waals surface area contributed by atoms with Gasteiger partial charge in [0, 0.05) is 90.7 Å². The van der Waals surface area contributed by atoms with Crippen LogP contribution in [0.5, 0.6) is 0 Å². The van der Waals surface area contributed by atoms with E-state index in [1.54, 1.807) is 52.7 Å². The number of anilines is 2. The number of halogens is 2. The molecular formula is C68H98F2N14O11. The Morgan fingerprint density at radius 2 is 1.05 bits per heavy atom. The number of amides is 8. The third kappa shape index (κ3) is 19.1. The summed E-state index contributed by atoms with van der Waals surface area (Å²) in [6, 6.07) is 6.95. The van der Waals surface area contributed by atoms with Crippen molar-refractivity contribution in [3.8, 4) is 0 Å². The van der Waals surface area contributed by atoms with E-state index in [2.05, 4.69) is 57.1 Å². The minimum absolute atomic E-state index is 0.0201. The van der Waals surface area contributed by atoms with Crippen LogP contribution >= 0.6 is 0 Å². The first-order valence-electron chi connectivity index (χ1n) is 33.8. The molecule has 25 nitrogen and oxygen atoms in total. The smallest absolute Gasteiger partial charge is 0.276 e. The van der Waals surface area contributed by atoms with Crippen LogP contribution in [0.2, 0.25) is 0 Å². The average Bonchev–Trinajstić information content (AvgIpc) is 1.69. The number of aryl methyl sites for hydroxylation is 2. The molecule has 2 aromatic heterocycles. The van der Waals surface area contributed by atoms with Gasteiger partial charge in [-0.15, -0.1) is 0 Å². The molecule has 4 heterocycles. The van der Waals surface area contributed by atoms with E-state index in [1.165, 1.54) is 38.5 Å². The Hall–Kier alpha value is -7.75. The van der Waals surface area contributed by atoms with Gasteiger partial charge in [0.1, 0.15) is 60.4 Å². The number of rotatable bonds is 28. The van der Waals surface area contributed by atoms with Crippen LogP contribution in [0.25, 0.3) is 0 Å². The molecule has 2 saturated heterocycles. The number of ether oxygens (including phenoxy) is 2. The molecule has 4 aromatic rings. The minimum atomic E-state index is -0.943. The second kappa shape index (κ2) is 33.8. The number of nitrogens with one attached hydrogen (secondary N) is 6. The number of aromatic nitrogens is 4. The topological polar surface area (TPSA) is 297 Å². The molecular weight excluding hydrogens is 1230 g/mol. The van der Waals surface area contributed by atoms with Crippen molar-refractivity contribution in [2.75, 3.05) is 98.0 Å². The zero-order chi connectivity index (χ0) is 68.8. The maximum absolute atomic E-state index is 15.7. The highest BCUT2D eigenvalue weighted by Gasteiger charge is 2.50. The van der Waals surface area contributed by atoms with Crippen molar-refractivity contribution < 1.29 is 61.2 Å². The molecule has 7 atom stereocenters. The van der Waals surface area contributed by atoms with Gasteiger partial charge in [0.25, 0.3) is 11.8 Å². The number of likely N-dealkylation sites (N-methyl/N-ethyl adjacent to an activating group) is 2. The average molecular weight is 1330 g/mol. The molecule has 95 heavy (non-hydrogen) atoms. The van der Waals surface area contributed by atoms with Crippen molar-refractivity contribution in [2.24, 2.45) is 35.5 Å². The lowest BCUT2D eigenvalue weighted by Crippen LogP contribution is -2.58. The number of carbonyl (C=O) groups excluding carboxylic acids is 8. The summed E-state index contributed by atoms with van der Waals surface area (Å²) in [5.41, 5.74) is 1.70. The molecule has 2 aromatic carbocycles. The summed E-state index contributed by atoms with van der Waals surface area (Å²) in [6.45, 7) is 17.5. The van der Waals surface area contributed by atoms with Crippen LogP contribution in [-0.4, -0.2) is 205 Å². The Labute approximate surface area is 555 Å². The molecule has 6 aliphatic rings. The van der Waals surface area contributed by atoms with Crippen molar-refractivity contribution in [3.05, 3.63) is 88.5 Å². The van der Waals surface area contributed by atoms with Crippen LogP contribution in [0.4, 0.5) is 20.2 Å². The van der Waals surface area contributed by atoms with Gasteiger partial charge in [-0.1, -0.05) is 51.9 Å². The van der Waals surface area contributed by atoms with Crippen molar-refractivity contribution in [3.63, 3.8) is 0 Å². The first-order chi connectivity index (χ1) is 45.6. The number of benzene rings is 2. The van der Waals surface area contributed by atoms with E-state index in [9.17, 15) is 38.4 Å². The molecule has 0 spiro atoms. The van der Waals surface area contributed by atoms with E-state index in [0.29, 0.717) is 105 Å². The van der Waals surface area contributed by atoms with Crippen molar-refractivity contribution in [2.45, 2.75) is 155 Å². The summed E-state index contributed by atoms with van der Waals surface area (Å²) in [5.74, 6) is -4.65. The fourth-order valence-corrected chi connectivity index (χ4v) is 13.1. The van der Waals surface area contributed by atoms with Crippen LogP contribution in [-0.2, 0) is 51.2 Å². The Kier molecular flexibility index (Phi) is 26.0. The van der Waals surface area contributed by atoms with Gasteiger partial charge < -0.3 is 61.0 Å². The molecule has 0 radical (unpaired) electrons. The Balaban J connectivity index is 0.000000237.